The number of fused-ring (bicyclic) bond motifs is 1. The number of hydrogen-bond donors (Lipinski definition) is 1. The van der Waals surface area contributed by atoms with Gasteiger partial charge in [0.1, 0.15) is 17.1 Å². The van der Waals surface area contributed by atoms with Crippen molar-refractivity contribution in [2.45, 2.75) is 11.8 Å². The Morgan fingerprint density at radius 1 is 0.970 bits per heavy atom. The van der Waals surface area contributed by atoms with Gasteiger partial charge in [0.05, 0.1) is 26.2 Å². The van der Waals surface area contributed by atoms with Gasteiger partial charge in [-0.25, -0.2) is 0 Å². The summed E-state index contributed by atoms with van der Waals surface area (Å²) in [6.45, 7) is 1.90. The van der Waals surface area contributed by atoms with E-state index in [1.807, 2.05) is 73.8 Å². The highest BCUT2D eigenvalue weighted by Crippen LogP contribution is 2.40. The van der Waals surface area contributed by atoms with Crippen molar-refractivity contribution in [3.05, 3.63) is 78.6 Å². The summed E-state index contributed by atoms with van der Waals surface area (Å²) < 4.78 is 17.0. The lowest BCUT2D eigenvalue weighted by Gasteiger charge is -2.11. The number of carbonyl (C=O) groups excluding carboxylic acids is 1. The number of furan rings is 1. The number of hydrogen-bond acceptors (Lipinski definition) is 5. The molecule has 1 N–H and O–H groups in total. The molecule has 0 aliphatic rings. The van der Waals surface area contributed by atoms with E-state index in [9.17, 15) is 4.79 Å². The van der Waals surface area contributed by atoms with Crippen molar-refractivity contribution in [3.63, 3.8) is 0 Å². The maximum Gasteiger partial charge on any atom is 0.248 e. The first-order valence-corrected chi connectivity index (χ1v) is 11.6. The topological polar surface area (TPSA) is 60.7 Å². The minimum atomic E-state index is -0.201. The van der Waals surface area contributed by atoms with Gasteiger partial charge in [-0.1, -0.05) is 30.3 Å². The number of thioether (sulfide) groups is 1. The monoisotopic (exact) mass is 459 g/mol. The summed E-state index contributed by atoms with van der Waals surface area (Å²) in [5, 5.41) is 3.89. The standard InChI is InChI=1S/C27H25NO4S/c1-17(13-27(29)28-22-10-6-8-12-26(22)33-4)19-14-20-21(16-32-25(20)15-24(19)31-3)18-9-5-7-11-23(18)30-2/h5-16H,1-4H3,(H,28,29)/b17-13+. The van der Waals surface area contributed by atoms with E-state index in [-0.39, 0.29) is 5.91 Å². The number of allylic oxidation sites excluding steroid dienone is 1. The van der Waals surface area contributed by atoms with Gasteiger partial charge in [0.25, 0.3) is 0 Å². The van der Waals surface area contributed by atoms with E-state index in [1.165, 1.54) is 0 Å². The summed E-state index contributed by atoms with van der Waals surface area (Å²) in [7, 11) is 3.26. The Labute approximate surface area is 197 Å². The predicted molar refractivity (Wildman–Crippen MR) is 135 cm³/mol. The van der Waals surface area contributed by atoms with E-state index in [1.54, 1.807) is 38.3 Å². The minimum absolute atomic E-state index is 0.201. The molecule has 0 saturated carbocycles. The van der Waals surface area contributed by atoms with E-state index in [0.29, 0.717) is 11.3 Å². The van der Waals surface area contributed by atoms with Crippen LogP contribution < -0.4 is 14.8 Å². The zero-order valence-electron chi connectivity index (χ0n) is 19.0. The average molecular weight is 460 g/mol. The van der Waals surface area contributed by atoms with Crippen molar-refractivity contribution in [1.29, 1.82) is 0 Å². The molecule has 1 heterocycles. The van der Waals surface area contributed by atoms with Crippen LogP contribution in [0.4, 0.5) is 5.69 Å². The van der Waals surface area contributed by atoms with E-state index < -0.39 is 0 Å². The van der Waals surface area contributed by atoms with Crippen molar-refractivity contribution >= 4 is 39.9 Å². The highest BCUT2D eigenvalue weighted by atomic mass is 32.2. The lowest BCUT2D eigenvalue weighted by molar-refractivity contribution is -0.111. The number of rotatable bonds is 7. The molecule has 6 heteroatoms. The molecule has 0 bridgehead atoms. The summed E-state index contributed by atoms with van der Waals surface area (Å²) in [6.07, 6.45) is 5.29. The lowest BCUT2D eigenvalue weighted by atomic mass is 9.98. The molecule has 0 fully saturated rings. The first-order chi connectivity index (χ1) is 16.0. The molecule has 0 aliphatic carbocycles. The summed E-state index contributed by atoms with van der Waals surface area (Å²) in [5.41, 5.74) is 4.92. The van der Waals surface area contributed by atoms with Gasteiger partial charge in [0.2, 0.25) is 5.91 Å². The number of amides is 1. The van der Waals surface area contributed by atoms with Gasteiger partial charge in [-0.05, 0) is 43.0 Å². The number of anilines is 1. The third-order valence-electron chi connectivity index (χ3n) is 5.43. The average Bonchev–Trinajstić information content (AvgIpc) is 3.26. The SMILES string of the molecule is COc1cc2occ(-c3ccccc3OC)c2cc1/C(C)=C/C(=O)Nc1ccccc1SC. The molecule has 0 aliphatic heterocycles. The molecule has 0 unspecified atom stereocenters. The molecule has 0 radical (unpaired) electrons. The highest BCUT2D eigenvalue weighted by molar-refractivity contribution is 7.98. The molecule has 0 saturated heterocycles. The van der Waals surface area contributed by atoms with Gasteiger partial charge in [0, 0.05) is 39.1 Å². The Balaban J connectivity index is 1.74. The van der Waals surface area contributed by atoms with Crippen molar-refractivity contribution in [2.24, 2.45) is 0 Å². The van der Waals surface area contributed by atoms with Crippen molar-refractivity contribution in [1.82, 2.24) is 0 Å². The van der Waals surface area contributed by atoms with Gasteiger partial charge < -0.3 is 19.2 Å². The largest absolute Gasteiger partial charge is 0.496 e. The number of ether oxygens (including phenoxy) is 2. The second-order valence-electron chi connectivity index (χ2n) is 7.42. The third kappa shape index (κ3) is 4.61. The summed E-state index contributed by atoms with van der Waals surface area (Å²) in [6, 6.07) is 19.4. The molecule has 0 spiro atoms. The van der Waals surface area contributed by atoms with Crippen molar-refractivity contribution < 1.29 is 18.7 Å². The second kappa shape index (κ2) is 9.88. The molecule has 0 atom stereocenters. The van der Waals surface area contributed by atoms with Crippen LogP contribution in [0.25, 0.3) is 27.7 Å². The van der Waals surface area contributed by atoms with Crippen LogP contribution in [-0.2, 0) is 4.79 Å². The van der Waals surface area contributed by atoms with Crippen LogP contribution in [0.2, 0.25) is 0 Å². The number of para-hydroxylation sites is 2. The van der Waals surface area contributed by atoms with Gasteiger partial charge in [-0.2, -0.15) is 0 Å². The molecule has 1 amide bonds. The third-order valence-corrected chi connectivity index (χ3v) is 6.23. The number of nitrogens with one attached hydrogen (secondary N) is 1. The molecule has 5 nitrogen and oxygen atoms in total. The van der Waals surface area contributed by atoms with Crippen LogP contribution in [0, 0.1) is 0 Å². The quantitative estimate of drug-likeness (QED) is 0.241. The molecule has 33 heavy (non-hydrogen) atoms. The highest BCUT2D eigenvalue weighted by Gasteiger charge is 2.17. The first kappa shape index (κ1) is 22.6. The Bertz CT molecular complexity index is 1340. The van der Waals surface area contributed by atoms with Crippen LogP contribution in [0.15, 0.2) is 82.3 Å². The predicted octanol–water partition coefficient (Wildman–Crippen LogP) is 6.88. The fraction of sp³-hybridized carbons (Fsp3) is 0.148. The fourth-order valence-electron chi connectivity index (χ4n) is 3.80. The van der Waals surface area contributed by atoms with Crippen molar-refractivity contribution in [2.75, 3.05) is 25.8 Å². The van der Waals surface area contributed by atoms with E-state index >= 15 is 0 Å². The Kier molecular flexibility index (Phi) is 6.75. The van der Waals surface area contributed by atoms with E-state index in [0.717, 1.165) is 44.0 Å². The van der Waals surface area contributed by atoms with Crippen LogP contribution in [-0.4, -0.2) is 26.4 Å². The van der Waals surface area contributed by atoms with Gasteiger partial charge in [-0.3, -0.25) is 4.79 Å². The lowest BCUT2D eigenvalue weighted by Crippen LogP contribution is -2.09. The fourth-order valence-corrected chi connectivity index (χ4v) is 4.35. The molecule has 168 valence electrons. The second-order valence-corrected chi connectivity index (χ2v) is 8.26. The number of carbonyl (C=O) groups is 1. The zero-order valence-corrected chi connectivity index (χ0v) is 19.8. The van der Waals surface area contributed by atoms with Gasteiger partial charge in [-0.15, -0.1) is 11.8 Å². The first-order valence-electron chi connectivity index (χ1n) is 10.4. The minimum Gasteiger partial charge on any atom is -0.496 e. The van der Waals surface area contributed by atoms with Gasteiger partial charge >= 0.3 is 0 Å². The summed E-state index contributed by atoms with van der Waals surface area (Å²) >= 11 is 1.59. The molecular weight excluding hydrogens is 434 g/mol. The van der Waals surface area contributed by atoms with Crippen LogP contribution >= 0.6 is 11.8 Å². The Morgan fingerprint density at radius 3 is 2.45 bits per heavy atom. The molecule has 4 aromatic rings. The van der Waals surface area contributed by atoms with Crippen molar-refractivity contribution in [3.8, 4) is 22.6 Å². The van der Waals surface area contributed by atoms with Crippen LogP contribution in [0.5, 0.6) is 11.5 Å². The zero-order chi connectivity index (χ0) is 23.4. The smallest absolute Gasteiger partial charge is 0.248 e. The normalized spacial score (nSPS) is 11.5. The maximum absolute atomic E-state index is 12.8. The Hall–Kier alpha value is -3.64. The molecular formula is C27H25NO4S. The van der Waals surface area contributed by atoms with Crippen LogP contribution in [0.3, 0.4) is 0 Å². The Morgan fingerprint density at radius 2 is 1.70 bits per heavy atom. The molecule has 1 aromatic heterocycles. The van der Waals surface area contributed by atoms with E-state index in [2.05, 4.69) is 5.32 Å². The van der Waals surface area contributed by atoms with E-state index in [4.69, 9.17) is 13.9 Å². The summed E-state index contributed by atoms with van der Waals surface area (Å²) in [4.78, 5) is 13.8. The number of methoxy groups -OCH3 is 2. The number of benzene rings is 3. The van der Waals surface area contributed by atoms with Gasteiger partial charge in [0.15, 0.2) is 0 Å². The van der Waals surface area contributed by atoms with Crippen LogP contribution in [0.1, 0.15) is 12.5 Å². The molecule has 4 rings (SSSR count). The summed E-state index contributed by atoms with van der Waals surface area (Å²) in [5.74, 6) is 1.19. The maximum atomic E-state index is 12.8. The molecule has 3 aromatic carbocycles.